The van der Waals surface area contributed by atoms with Crippen LogP contribution >= 0.6 is 0 Å². The molecular weight excluding hydrogens is 422 g/mol. The van der Waals surface area contributed by atoms with Crippen LogP contribution in [0.1, 0.15) is 11.5 Å². The van der Waals surface area contributed by atoms with Crippen LogP contribution in [0.3, 0.4) is 0 Å². The maximum atomic E-state index is 12.3. The lowest BCUT2D eigenvalue weighted by atomic mass is 10.2. The van der Waals surface area contributed by atoms with E-state index in [4.69, 9.17) is 18.7 Å². The predicted molar refractivity (Wildman–Crippen MR) is 122 cm³/mol. The Kier molecular flexibility index (Phi) is 6.84. The number of hydrogen-bond donors (Lipinski definition) is 1. The van der Waals surface area contributed by atoms with Gasteiger partial charge in [-0.2, -0.15) is 4.98 Å². The molecule has 0 bridgehead atoms. The number of amides is 1. The van der Waals surface area contributed by atoms with Gasteiger partial charge in [0.05, 0.1) is 12.7 Å². The number of aryl methyl sites for hydroxylation is 1. The van der Waals surface area contributed by atoms with Gasteiger partial charge in [-0.25, -0.2) is 0 Å². The van der Waals surface area contributed by atoms with Gasteiger partial charge in [0.15, 0.2) is 13.2 Å². The Morgan fingerprint density at radius 3 is 2.42 bits per heavy atom. The molecule has 1 N–H and O–H groups in total. The number of hydrogen-bond acceptors (Lipinski definition) is 7. The lowest BCUT2D eigenvalue weighted by Gasteiger charge is -2.10. The van der Waals surface area contributed by atoms with Gasteiger partial charge >= 0.3 is 0 Å². The van der Waals surface area contributed by atoms with Gasteiger partial charge in [0.2, 0.25) is 5.82 Å². The van der Waals surface area contributed by atoms with Gasteiger partial charge < -0.3 is 24.1 Å². The lowest BCUT2D eigenvalue weighted by molar-refractivity contribution is -0.118. The third-order valence-electron chi connectivity index (χ3n) is 4.71. The third-order valence-corrected chi connectivity index (χ3v) is 4.71. The summed E-state index contributed by atoms with van der Waals surface area (Å²) in [5, 5.41) is 6.80. The van der Waals surface area contributed by atoms with Crippen LogP contribution < -0.4 is 19.5 Å². The van der Waals surface area contributed by atoms with E-state index in [1.54, 1.807) is 43.5 Å². The van der Waals surface area contributed by atoms with E-state index in [0.717, 1.165) is 5.56 Å². The molecule has 0 spiro atoms. The van der Waals surface area contributed by atoms with E-state index in [9.17, 15) is 4.79 Å². The minimum atomic E-state index is -0.296. The number of nitrogens with one attached hydrogen (secondary N) is 1. The molecule has 33 heavy (non-hydrogen) atoms. The van der Waals surface area contributed by atoms with E-state index in [1.165, 1.54) is 0 Å². The Morgan fingerprint density at radius 1 is 0.939 bits per heavy atom. The van der Waals surface area contributed by atoms with E-state index in [-0.39, 0.29) is 19.1 Å². The summed E-state index contributed by atoms with van der Waals surface area (Å²) in [5.41, 5.74) is 2.41. The summed E-state index contributed by atoms with van der Waals surface area (Å²) in [6, 6.07) is 21.9. The zero-order valence-electron chi connectivity index (χ0n) is 18.3. The van der Waals surface area contributed by atoms with Crippen molar-refractivity contribution in [2.24, 2.45) is 0 Å². The highest BCUT2D eigenvalue weighted by Gasteiger charge is 2.15. The molecular formula is C25H23N3O5. The molecule has 3 aromatic carbocycles. The Labute approximate surface area is 191 Å². The van der Waals surface area contributed by atoms with Crippen molar-refractivity contribution in [1.29, 1.82) is 0 Å². The molecule has 0 radical (unpaired) electrons. The normalized spacial score (nSPS) is 10.5. The van der Waals surface area contributed by atoms with Crippen LogP contribution in [0.25, 0.3) is 11.4 Å². The molecule has 168 valence electrons. The number of carbonyl (C=O) groups excluding carboxylic acids is 1. The first-order valence-corrected chi connectivity index (χ1v) is 10.3. The highest BCUT2D eigenvalue weighted by atomic mass is 16.5. The second-order valence-electron chi connectivity index (χ2n) is 7.17. The summed E-state index contributed by atoms with van der Waals surface area (Å²) < 4.78 is 21.8. The number of rotatable bonds is 9. The van der Waals surface area contributed by atoms with Crippen LogP contribution in [0, 0.1) is 6.92 Å². The zero-order chi connectivity index (χ0) is 23.0. The fourth-order valence-electron chi connectivity index (χ4n) is 2.99. The van der Waals surface area contributed by atoms with E-state index < -0.39 is 0 Å². The smallest absolute Gasteiger partial charge is 0.264 e. The molecule has 0 atom stereocenters. The molecule has 0 fully saturated rings. The minimum Gasteiger partial charge on any atom is -0.497 e. The molecule has 0 unspecified atom stereocenters. The molecule has 0 saturated heterocycles. The van der Waals surface area contributed by atoms with Crippen molar-refractivity contribution >= 4 is 11.6 Å². The summed E-state index contributed by atoms with van der Waals surface area (Å²) in [6.45, 7) is 1.98. The summed E-state index contributed by atoms with van der Waals surface area (Å²) in [5.74, 6) is 2.28. The van der Waals surface area contributed by atoms with Gasteiger partial charge in [-0.15, -0.1) is 0 Å². The second-order valence-corrected chi connectivity index (χ2v) is 7.17. The first-order chi connectivity index (χ1) is 16.1. The Balaban J connectivity index is 1.37. The van der Waals surface area contributed by atoms with Crippen LogP contribution in [-0.4, -0.2) is 29.8 Å². The Morgan fingerprint density at radius 2 is 1.67 bits per heavy atom. The molecule has 8 heteroatoms. The van der Waals surface area contributed by atoms with Gasteiger partial charge in [-0.05, 0) is 55.5 Å². The quantitative estimate of drug-likeness (QED) is 0.401. The van der Waals surface area contributed by atoms with Crippen molar-refractivity contribution in [2.75, 3.05) is 19.0 Å². The highest BCUT2D eigenvalue weighted by Crippen LogP contribution is 2.28. The number of anilines is 1. The first kappa shape index (κ1) is 21.9. The molecule has 8 nitrogen and oxygen atoms in total. The van der Waals surface area contributed by atoms with E-state index in [2.05, 4.69) is 15.5 Å². The van der Waals surface area contributed by atoms with E-state index in [0.29, 0.717) is 40.2 Å². The van der Waals surface area contributed by atoms with Gasteiger partial charge in [0.25, 0.3) is 11.8 Å². The average Bonchev–Trinajstić information content (AvgIpc) is 3.32. The molecule has 0 aliphatic rings. The van der Waals surface area contributed by atoms with Gasteiger partial charge in [0.1, 0.15) is 17.2 Å². The van der Waals surface area contributed by atoms with Crippen molar-refractivity contribution in [3.8, 4) is 28.6 Å². The third kappa shape index (κ3) is 5.88. The molecule has 1 amide bonds. The molecule has 1 aromatic heterocycles. The Bertz CT molecular complexity index is 1200. The van der Waals surface area contributed by atoms with Gasteiger partial charge in [-0.3, -0.25) is 4.79 Å². The van der Waals surface area contributed by atoms with Gasteiger partial charge in [-0.1, -0.05) is 35.0 Å². The number of benzene rings is 3. The number of nitrogens with zero attached hydrogens (tertiary/aromatic N) is 2. The van der Waals surface area contributed by atoms with Gasteiger partial charge in [0, 0.05) is 5.69 Å². The van der Waals surface area contributed by atoms with Crippen molar-refractivity contribution in [3.05, 3.63) is 84.3 Å². The van der Waals surface area contributed by atoms with E-state index >= 15 is 0 Å². The summed E-state index contributed by atoms with van der Waals surface area (Å²) in [7, 11) is 1.59. The largest absolute Gasteiger partial charge is 0.497 e. The monoisotopic (exact) mass is 445 g/mol. The maximum Gasteiger partial charge on any atom is 0.264 e. The standard InChI is InChI=1S/C25H23N3O5/c1-17-7-11-20(12-8-17)31-16-24-27-25(28-33-24)21-5-3-4-6-22(21)32-15-23(29)26-18-9-13-19(30-2)14-10-18/h3-14H,15-16H2,1-2H3,(H,26,29). The molecule has 4 aromatic rings. The van der Waals surface area contributed by atoms with Crippen LogP contribution in [0.15, 0.2) is 77.3 Å². The molecule has 0 saturated carbocycles. The highest BCUT2D eigenvalue weighted by molar-refractivity contribution is 5.92. The van der Waals surface area contributed by atoms with Crippen LogP contribution in [0.2, 0.25) is 0 Å². The van der Waals surface area contributed by atoms with Crippen molar-refractivity contribution < 1.29 is 23.5 Å². The van der Waals surface area contributed by atoms with Crippen molar-refractivity contribution in [1.82, 2.24) is 10.1 Å². The topological polar surface area (TPSA) is 95.7 Å². The molecule has 1 heterocycles. The molecule has 0 aliphatic heterocycles. The zero-order valence-corrected chi connectivity index (χ0v) is 18.3. The van der Waals surface area contributed by atoms with Crippen LogP contribution in [0.5, 0.6) is 17.2 Å². The summed E-state index contributed by atoms with van der Waals surface area (Å²) >= 11 is 0. The minimum absolute atomic E-state index is 0.142. The van der Waals surface area contributed by atoms with E-state index in [1.807, 2.05) is 43.3 Å². The van der Waals surface area contributed by atoms with Crippen LogP contribution in [-0.2, 0) is 11.4 Å². The fourth-order valence-corrected chi connectivity index (χ4v) is 2.99. The maximum absolute atomic E-state index is 12.3. The number of ether oxygens (including phenoxy) is 3. The SMILES string of the molecule is COc1ccc(NC(=O)COc2ccccc2-c2noc(COc3ccc(C)cc3)n2)cc1. The Hall–Kier alpha value is -4.33. The lowest BCUT2D eigenvalue weighted by Crippen LogP contribution is -2.20. The fraction of sp³-hybridized carbons (Fsp3) is 0.160. The number of aromatic nitrogens is 2. The molecule has 4 rings (SSSR count). The summed E-state index contributed by atoms with van der Waals surface area (Å²) in [4.78, 5) is 16.7. The van der Waals surface area contributed by atoms with Crippen molar-refractivity contribution in [2.45, 2.75) is 13.5 Å². The average molecular weight is 445 g/mol. The number of carbonyl (C=O) groups is 1. The first-order valence-electron chi connectivity index (χ1n) is 10.3. The number of methoxy groups -OCH3 is 1. The predicted octanol–water partition coefficient (Wildman–Crippen LogP) is 4.65. The number of para-hydroxylation sites is 1. The van der Waals surface area contributed by atoms with Crippen LogP contribution in [0.4, 0.5) is 5.69 Å². The second kappa shape index (κ2) is 10.3. The van der Waals surface area contributed by atoms with Crippen molar-refractivity contribution in [3.63, 3.8) is 0 Å². The summed E-state index contributed by atoms with van der Waals surface area (Å²) in [6.07, 6.45) is 0. The molecule has 0 aliphatic carbocycles.